The lowest BCUT2D eigenvalue weighted by atomic mass is 9.44. The number of carbonyl (C=O) groups excluding carboxylic acids is 4. The van der Waals surface area contributed by atoms with E-state index in [-0.39, 0.29) is 36.2 Å². The molecule has 12 heteroatoms. The van der Waals surface area contributed by atoms with Crippen LogP contribution in [0.5, 0.6) is 0 Å². The molecule has 12 nitrogen and oxygen atoms in total. The molecule has 4 aliphatic rings. The lowest BCUT2D eigenvalue weighted by molar-refractivity contribution is -0.346. The quantitative estimate of drug-likeness (QED) is 0.201. The number of hydrogen-bond acceptors (Lipinski definition) is 12. The number of ketones is 1. The first-order chi connectivity index (χ1) is 20.9. The van der Waals surface area contributed by atoms with E-state index in [4.69, 9.17) is 18.9 Å². The summed E-state index contributed by atoms with van der Waals surface area (Å²) in [7, 11) is 0. The number of aliphatic hydroxyl groups excluding tert-OH is 3. The Kier molecular flexibility index (Phi) is 8.32. The second-order valence-electron chi connectivity index (χ2n) is 13.7. The van der Waals surface area contributed by atoms with Gasteiger partial charge in [-0.3, -0.25) is 14.4 Å². The largest absolute Gasteiger partial charge is 0.455 e. The molecule has 45 heavy (non-hydrogen) atoms. The molecule has 2 bridgehead atoms. The maximum Gasteiger partial charge on any atom is 0.338 e. The van der Waals surface area contributed by atoms with Gasteiger partial charge >= 0.3 is 17.9 Å². The molecule has 0 amide bonds. The van der Waals surface area contributed by atoms with Crippen molar-refractivity contribution in [3.63, 3.8) is 0 Å². The van der Waals surface area contributed by atoms with Crippen LogP contribution in [0.15, 0.2) is 41.5 Å². The van der Waals surface area contributed by atoms with E-state index in [1.54, 1.807) is 39.0 Å². The number of aliphatic hydroxyl groups is 4. The minimum atomic E-state index is -2.17. The van der Waals surface area contributed by atoms with Crippen molar-refractivity contribution in [1.82, 2.24) is 0 Å². The van der Waals surface area contributed by atoms with E-state index >= 15 is 4.79 Å². The molecule has 1 heterocycles. The van der Waals surface area contributed by atoms with E-state index in [0.29, 0.717) is 0 Å². The van der Waals surface area contributed by atoms with Gasteiger partial charge in [-0.25, -0.2) is 4.79 Å². The van der Waals surface area contributed by atoms with Crippen LogP contribution in [0.4, 0.5) is 0 Å². The number of carbonyl (C=O) groups is 4. The van der Waals surface area contributed by atoms with E-state index in [0.717, 1.165) is 0 Å². The Morgan fingerprint density at radius 1 is 1.09 bits per heavy atom. The van der Waals surface area contributed by atoms with Crippen LogP contribution in [0.2, 0.25) is 0 Å². The second kappa shape index (κ2) is 11.3. The molecule has 4 N–H and O–H groups in total. The van der Waals surface area contributed by atoms with Gasteiger partial charge in [-0.2, -0.15) is 0 Å². The molecule has 5 rings (SSSR count). The summed E-state index contributed by atoms with van der Waals surface area (Å²) in [6.07, 6.45) is -9.20. The normalized spacial score (nSPS) is 39.2. The van der Waals surface area contributed by atoms with E-state index in [2.05, 4.69) is 0 Å². The average Bonchev–Trinajstić information content (AvgIpc) is 2.94. The SMILES string of the molecule is CC(=O)O[C@@]12CO[C@@H]1C[C@H](O)[C@@]1(C)C(=O)[C@H](OC(=O)CC(C)O)C3=C(C)[C@@H](O)C[C@@](O)([C@@H](OC(=O)c4ccccc4)[C@H]21)C3(C)C. The fraction of sp³-hybridized carbons (Fsp3) is 0.636. The molecule has 1 aromatic rings. The standard InChI is InChI=1S/C33H42O12/c1-16(34)12-23(38)43-25-24-17(2)20(36)14-33(41,30(24,4)5)28(44-29(40)19-10-8-7-9-11-19)26-31(6,27(25)39)21(37)13-22-32(26,15-42-22)45-18(3)35/h7-11,16,20-22,25-26,28,34,36-37,41H,12-15H2,1-6H3/t16?,20-,21-,22+,25+,26-,28-,31+,32-,33+/m0/s1. The smallest absolute Gasteiger partial charge is 0.338 e. The number of esters is 3. The Labute approximate surface area is 261 Å². The zero-order valence-corrected chi connectivity index (χ0v) is 26.3. The molecule has 0 spiro atoms. The van der Waals surface area contributed by atoms with Gasteiger partial charge in [0.2, 0.25) is 0 Å². The molecule has 1 unspecified atom stereocenters. The summed E-state index contributed by atoms with van der Waals surface area (Å²) in [4.78, 5) is 54.5. The summed E-state index contributed by atoms with van der Waals surface area (Å²) in [6, 6.07) is 7.99. The van der Waals surface area contributed by atoms with Crippen molar-refractivity contribution in [1.29, 1.82) is 0 Å². The third-order valence-electron chi connectivity index (χ3n) is 10.6. The fourth-order valence-corrected chi connectivity index (χ4v) is 8.16. The molecular weight excluding hydrogens is 588 g/mol. The second-order valence-corrected chi connectivity index (χ2v) is 13.7. The van der Waals surface area contributed by atoms with Gasteiger partial charge in [0.05, 0.1) is 48.2 Å². The van der Waals surface area contributed by atoms with Crippen LogP contribution in [0.25, 0.3) is 0 Å². The first-order valence-electron chi connectivity index (χ1n) is 15.2. The average molecular weight is 631 g/mol. The van der Waals surface area contributed by atoms with Gasteiger partial charge in [0.1, 0.15) is 17.8 Å². The van der Waals surface area contributed by atoms with Crippen molar-refractivity contribution in [2.75, 3.05) is 6.61 Å². The van der Waals surface area contributed by atoms with Crippen LogP contribution in [0, 0.1) is 16.7 Å². The molecule has 10 atom stereocenters. The van der Waals surface area contributed by atoms with Crippen molar-refractivity contribution >= 4 is 23.7 Å². The van der Waals surface area contributed by atoms with Gasteiger partial charge in [0.15, 0.2) is 17.5 Å². The van der Waals surface area contributed by atoms with Crippen molar-refractivity contribution in [2.24, 2.45) is 16.7 Å². The Balaban J connectivity index is 1.81. The molecule has 3 aliphatic carbocycles. The Morgan fingerprint density at radius 3 is 2.29 bits per heavy atom. The van der Waals surface area contributed by atoms with Crippen LogP contribution in [0.3, 0.4) is 0 Å². The molecule has 3 fully saturated rings. The van der Waals surface area contributed by atoms with Gasteiger partial charge in [0, 0.05) is 25.2 Å². The highest BCUT2D eigenvalue weighted by atomic mass is 16.6. The van der Waals surface area contributed by atoms with Crippen LogP contribution in [-0.2, 0) is 33.3 Å². The monoisotopic (exact) mass is 630 g/mol. The van der Waals surface area contributed by atoms with Gasteiger partial charge in [0.25, 0.3) is 0 Å². The van der Waals surface area contributed by atoms with Crippen molar-refractivity contribution in [3.05, 3.63) is 47.0 Å². The zero-order valence-electron chi connectivity index (χ0n) is 26.3. The maximum atomic E-state index is 15.0. The van der Waals surface area contributed by atoms with E-state index in [1.165, 1.54) is 32.9 Å². The minimum absolute atomic E-state index is 0.0915. The molecule has 1 aliphatic heterocycles. The molecule has 246 valence electrons. The van der Waals surface area contributed by atoms with E-state index in [9.17, 15) is 34.8 Å². The van der Waals surface area contributed by atoms with Crippen molar-refractivity contribution < 1.29 is 58.6 Å². The predicted octanol–water partition coefficient (Wildman–Crippen LogP) is 1.40. The third kappa shape index (κ3) is 4.93. The van der Waals surface area contributed by atoms with Gasteiger partial charge < -0.3 is 39.4 Å². The third-order valence-corrected chi connectivity index (χ3v) is 10.6. The Morgan fingerprint density at radius 2 is 1.73 bits per heavy atom. The number of hydrogen-bond donors (Lipinski definition) is 4. The molecule has 1 aromatic carbocycles. The number of Topliss-reactive ketones (excluding diaryl/α,β-unsaturated/α-hetero) is 1. The molecule has 2 saturated carbocycles. The number of fused-ring (bicyclic) bond motifs is 5. The minimum Gasteiger partial charge on any atom is -0.455 e. The summed E-state index contributed by atoms with van der Waals surface area (Å²) >= 11 is 0. The molecule has 1 saturated heterocycles. The van der Waals surface area contributed by atoms with Crippen LogP contribution in [0.1, 0.15) is 71.2 Å². The highest BCUT2D eigenvalue weighted by Gasteiger charge is 2.78. The van der Waals surface area contributed by atoms with Gasteiger partial charge in [-0.15, -0.1) is 0 Å². The first-order valence-corrected chi connectivity index (χ1v) is 15.2. The summed E-state index contributed by atoms with van der Waals surface area (Å²) in [5, 5.41) is 46.0. The molecule has 0 aromatic heterocycles. The van der Waals surface area contributed by atoms with Crippen molar-refractivity contribution in [2.45, 2.75) is 109 Å². The maximum absolute atomic E-state index is 15.0. The molecular formula is C33H42O12. The first kappa shape index (κ1) is 33.2. The van der Waals surface area contributed by atoms with Crippen LogP contribution < -0.4 is 0 Å². The Bertz CT molecular complexity index is 1420. The lowest BCUT2D eigenvalue weighted by Gasteiger charge is -2.67. The predicted molar refractivity (Wildman–Crippen MR) is 155 cm³/mol. The molecule has 0 radical (unpaired) electrons. The number of ether oxygens (including phenoxy) is 4. The zero-order chi connectivity index (χ0) is 33.3. The Hall–Kier alpha value is -3.16. The van der Waals surface area contributed by atoms with E-state index < -0.39 is 94.7 Å². The summed E-state index contributed by atoms with van der Waals surface area (Å²) in [6.45, 7) is 8.50. The van der Waals surface area contributed by atoms with E-state index in [1.807, 2.05) is 0 Å². The summed E-state index contributed by atoms with van der Waals surface area (Å²) in [5.74, 6) is -4.71. The lowest BCUT2D eigenvalue weighted by Crippen LogP contribution is -2.81. The van der Waals surface area contributed by atoms with Crippen molar-refractivity contribution in [3.8, 4) is 0 Å². The van der Waals surface area contributed by atoms with Gasteiger partial charge in [-0.1, -0.05) is 32.0 Å². The van der Waals surface area contributed by atoms with Crippen LogP contribution in [-0.4, -0.2) is 98.6 Å². The highest BCUT2D eigenvalue weighted by molar-refractivity contribution is 5.95. The fourth-order valence-electron chi connectivity index (χ4n) is 8.16. The van der Waals surface area contributed by atoms with Gasteiger partial charge in [-0.05, 0) is 44.1 Å². The number of rotatable bonds is 6. The number of benzene rings is 1. The highest BCUT2D eigenvalue weighted by Crippen LogP contribution is 2.64. The van der Waals surface area contributed by atoms with Crippen LogP contribution >= 0.6 is 0 Å². The summed E-state index contributed by atoms with van der Waals surface area (Å²) < 4.78 is 23.7. The summed E-state index contributed by atoms with van der Waals surface area (Å²) in [5.41, 5.74) is -6.77. The topological polar surface area (TPSA) is 186 Å².